The molecule has 106 valence electrons. The zero-order chi connectivity index (χ0) is 13.4. The van der Waals surface area contributed by atoms with E-state index in [2.05, 4.69) is 19.2 Å². The molecule has 1 aliphatic rings. The Bertz CT molecular complexity index is 254. The molecular weight excluding hydrogens is 228 g/mol. The lowest BCUT2D eigenvalue weighted by molar-refractivity contribution is -0.130. The molecule has 1 amide bonds. The van der Waals surface area contributed by atoms with Gasteiger partial charge in [0.05, 0.1) is 6.61 Å². The molecule has 0 spiro atoms. The Labute approximate surface area is 111 Å². The van der Waals surface area contributed by atoms with E-state index in [1.807, 2.05) is 4.90 Å². The van der Waals surface area contributed by atoms with Gasteiger partial charge in [-0.1, -0.05) is 13.8 Å². The molecule has 0 aromatic heterocycles. The molecule has 1 aliphatic heterocycles. The fourth-order valence-corrected chi connectivity index (χ4v) is 2.22. The maximum absolute atomic E-state index is 12.0. The summed E-state index contributed by atoms with van der Waals surface area (Å²) in [5.41, 5.74) is 0.321. The Morgan fingerprint density at radius 1 is 1.33 bits per heavy atom. The van der Waals surface area contributed by atoms with Crippen molar-refractivity contribution in [3.8, 4) is 0 Å². The highest BCUT2D eigenvalue weighted by Crippen LogP contribution is 2.30. The van der Waals surface area contributed by atoms with Crippen LogP contribution in [-0.2, 0) is 9.53 Å². The SMILES string of the molecule is COCCNCCCN1CCC(C)(C)CCC1=O. The van der Waals surface area contributed by atoms with Gasteiger partial charge in [0, 0.05) is 33.2 Å². The van der Waals surface area contributed by atoms with E-state index in [-0.39, 0.29) is 0 Å². The molecule has 4 nitrogen and oxygen atoms in total. The lowest BCUT2D eigenvalue weighted by atomic mass is 9.85. The van der Waals surface area contributed by atoms with Crippen molar-refractivity contribution >= 4 is 5.91 Å². The van der Waals surface area contributed by atoms with Crippen molar-refractivity contribution in [3.63, 3.8) is 0 Å². The van der Waals surface area contributed by atoms with Crippen molar-refractivity contribution in [3.05, 3.63) is 0 Å². The van der Waals surface area contributed by atoms with Crippen LogP contribution < -0.4 is 5.32 Å². The van der Waals surface area contributed by atoms with E-state index in [1.54, 1.807) is 7.11 Å². The molecule has 1 heterocycles. The van der Waals surface area contributed by atoms with Crippen LogP contribution in [0.5, 0.6) is 0 Å². The topological polar surface area (TPSA) is 41.6 Å². The minimum absolute atomic E-state index is 0.321. The fourth-order valence-electron chi connectivity index (χ4n) is 2.22. The lowest BCUT2D eigenvalue weighted by Gasteiger charge is -2.23. The second-order valence-corrected chi connectivity index (χ2v) is 5.89. The van der Waals surface area contributed by atoms with Gasteiger partial charge in [0.1, 0.15) is 0 Å². The maximum atomic E-state index is 12.0. The Morgan fingerprint density at radius 3 is 2.83 bits per heavy atom. The monoisotopic (exact) mass is 256 g/mol. The van der Waals surface area contributed by atoms with Crippen molar-refractivity contribution in [1.82, 2.24) is 10.2 Å². The molecule has 1 N–H and O–H groups in total. The van der Waals surface area contributed by atoms with Crippen LogP contribution in [0.2, 0.25) is 0 Å². The van der Waals surface area contributed by atoms with Crippen LogP contribution in [0.15, 0.2) is 0 Å². The molecule has 0 radical (unpaired) electrons. The zero-order valence-electron chi connectivity index (χ0n) is 12.1. The molecule has 18 heavy (non-hydrogen) atoms. The Balaban J connectivity index is 2.18. The van der Waals surface area contributed by atoms with Crippen molar-refractivity contribution in [1.29, 1.82) is 0 Å². The average molecular weight is 256 g/mol. The van der Waals surface area contributed by atoms with Crippen molar-refractivity contribution in [2.24, 2.45) is 5.41 Å². The Morgan fingerprint density at radius 2 is 2.11 bits per heavy atom. The second kappa shape index (κ2) is 7.74. The van der Waals surface area contributed by atoms with Crippen LogP contribution in [0.3, 0.4) is 0 Å². The predicted molar refractivity (Wildman–Crippen MR) is 73.6 cm³/mol. The minimum Gasteiger partial charge on any atom is -0.383 e. The summed E-state index contributed by atoms with van der Waals surface area (Å²) < 4.78 is 4.97. The number of carbonyl (C=O) groups is 1. The van der Waals surface area contributed by atoms with Crippen molar-refractivity contribution in [2.75, 3.05) is 39.9 Å². The van der Waals surface area contributed by atoms with E-state index in [0.29, 0.717) is 17.7 Å². The molecule has 0 unspecified atom stereocenters. The summed E-state index contributed by atoms with van der Waals surface area (Å²) >= 11 is 0. The highest BCUT2D eigenvalue weighted by atomic mass is 16.5. The first-order valence-electron chi connectivity index (χ1n) is 7.02. The maximum Gasteiger partial charge on any atom is 0.222 e. The number of methoxy groups -OCH3 is 1. The lowest BCUT2D eigenvalue weighted by Crippen LogP contribution is -2.33. The van der Waals surface area contributed by atoms with Crippen molar-refractivity contribution in [2.45, 2.75) is 39.5 Å². The molecule has 0 aromatic rings. The number of ether oxygens (including phenoxy) is 1. The van der Waals surface area contributed by atoms with Gasteiger partial charge in [0.25, 0.3) is 0 Å². The molecular formula is C14H28N2O2. The fraction of sp³-hybridized carbons (Fsp3) is 0.929. The van der Waals surface area contributed by atoms with E-state index in [4.69, 9.17) is 4.74 Å². The average Bonchev–Trinajstić information content (AvgIpc) is 2.46. The van der Waals surface area contributed by atoms with Crippen molar-refractivity contribution < 1.29 is 9.53 Å². The van der Waals surface area contributed by atoms with E-state index in [1.165, 1.54) is 0 Å². The van der Waals surface area contributed by atoms with E-state index in [0.717, 1.165) is 52.0 Å². The summed E-state index contributed by atoms with van der Waals surface area (Å²) in [5.74, 6) is 0.331. The largest absolute Gasteiger partial charge is 0.383 e. The second-order valence-electron chi connectivity index (χ2n) is 5.89. The van der Waals surface area contributed by atoms with Crippen LogP contribution >= 0.6 is 0 Å². The number of likely N-dealkylation sites (tertiary alicyclic amines) is 1. The normalized spacial score (nSPS) is 19.9. The Hall–Kier alpha value is -0.610. The summed E-state index contributed by atoms with van der Waals surface area (Å²) in [7, 11) is 1.71. The first kappa shape index (κ1) is 15.4. The third-order valence-electron chi connectivity index (χ3n) is 3.69. The number of hydrogen-bond acceptors (Lipinski definition) is 3. The summed E-state index contributed by atoms with van der Waals surface area (Å²) in [6.45, 7) is 8.91. The van der Waals surface area contributed by atoms with Gasteiger partial charge >= 0.3 is 0 Å². The van der Waals surface area contributed by atoms with Gasteiger partial charge in [-0.05, 0) is 31.2 Å². The molecule has 0 aromatic carbocycles. The smallest absolute Gasteiger partial charge is 0.222 e. The number of amides is 1. The van der Waals surface area contributed by atoms with Gasteiger partial charge < -0.3 is 15.0 Å². The number of hydrogen-bond donors (Lipinski definition) is 1. The van der Waals surface area contributed by atoms with Gasteiger partial charge in [0.2, 0.25) is 5.91 Å². The molecule has 1 rings (SSSR count). The summed E-state index contributed by atoms with van der Waals surface area (Å²) in [5, 5.41) is 3.31. The van der Waals surface area contributed by atoms with Crippen LogP contribution in [-0.4, -0.2) is 50.7 Å². The highest BCUT2D eigenvalue weighted by molar-refractivity contribution is 5.76. The van der Waals surface area contributed by atoms with Gasteiger partial charge in [0.15, 0.2) is 0 Å². The number of carbonyl (C=O) groups excluding carboxylic acids is 1. The summed E-state index contributed by atoms with van der Waals surface area (Å²) in [6.07, 6.45) is 3.88. The quantitative estimate of drug-likeness (QED) is 0.704. The number of rotatable bonds is 7. The van der Waals surface area contributed by atoms with Crippen LogP contribution in [0.4, 0.5) is 0 Å². The number of nitrogens with one attached hydrogen (secondary N) is 1. The molecule has 4 heteroatoms. The molecule has 0 bridgehead atoms. The molecule has 0 atom stereocenters. The van der Waals surface area contributed by atoms with Gasteiger partial charge in [-0.15, -0.1) is 0 Å². The van der Waals surface area contributed by atoms with Gasteiger partial charge in [-0.2, -0.15) is 0 Å². The number of nitrogens with zero attached hydrogens (tertiary/aromatic N) is 1. The first-order chi connectivity index (χ1) is 8.55. The molecule has 0 aliphatic carbocycles. The van der Waals surface area contributed by atoms with Gasteiger partial charge in [-0.3, -0.25) is 4.79 Å². The summed E-state index contributed by atoms with van der Waals surface area (Å²) in [6, 6.07) is 0. The molecule has 1 saturated heterocycles. The van der Waals surface area contributed by atoms with Crippen LogP contribution in [0.1, 0.15) is 39.5 Å². The highest BCUT2D eigenvalue weighted by Gasteiger charge is 2.26. The zero-order valence-corrected chi connectivity index (χ0v) is 12.1. The van der Waals surface area contributed by atoms with Gasteiger partial charge in [-0.25, -0.2) is 0 Å². The van der Waals surface area contributed by atoms with Crippen LogP contribution in [0.25, 0.3) is 0 Å². The summed E-state index contributed by atoms with van der Waals surface area (Å²) in [4.78, 5) is 14.0. The van der Waals surface area contributed by atoms with Crippen LogP contribution in [0, 0.1) is 5.41 Å². The van der Waals surface area contributed by atoms with E-state index >= 15 is 0 Å². The predicted octanol–water partition coefficient (Wildman–Crippen LogP) is 1.65. The minimum atomic E-state index is 0.321. The third kappa shape index (κ3) is 5.83. The Kier molecular flexibility index (Phi) is 6.65. The molecule has 1 fully saturated rings. The standard InChI is InChI=1S/C14H28N2O2/c1-14(2)6-5-13(17)16(11-7-14)10-4-8-15-9-12-18-3/h15H,4-12H2,1-3H3. The van der Waals surface area contributed by atoms with E-state index < -0.39 is 0 Å². The molecule has 0 saturated carbocycles. The first-order valence-corrected chi connectivity index (χ1v) is 7.02. The van der Waals surface area contributed by atoms with E-state index in [9.17, 15) is 4.79 Å². The third-order valence-corrected chi connectivity index (χ3v) is 3.69.